The van der Waals surface area contributed by atoms with Crippen molar-refractivity contribution in [2.24, 2.45) is 0 Å². The molecule has 0 atom stereocenters. The molecule has 0 N–H and O–H groups in total. The van der Waals surface area contributed by atoms with Gasteiger partial charge < -0.3 is 9.47 Å². The Labute approximate surface area is 108 Å². The monoisotopic (exact) mass is 242 g/mol. The summed E-state index contributed by atoms with van der Waals surface area (Å²) < 4.78 is 10.5. The van der Waals surface area contributed by atoms with Crippen LogP contribution in [0.2, 0.25) is 0 Å². The summed E-state index contributed by atoms with van der Waals surface area (Å²) in [5.74, 6) is 1.83. The zero-order valence-corrected chi connectivity index (χ0v) is 11.1. The largest absolute Gasteiger partial charge is 0.497 e. The number of hydrogen-bond donors (Lipinski definition) is 0. The van der Waals surface area contributed by atoms with Gasteiger partial charge in [-0.05, 0) is 47.4 Å². The third-order valence-electron chi connectivity index (χ3n) is 3.08. The molecule has 2 aromatic rings. The third-order valence-corrected chi connectivity index (χ3v) is 3.08. The van der Waals surface area contributed by atoms with Crippen LogP contribution in [-0.4, -0.2) is 14.2 Å². The maximum absolute atomic E-state index is 5.34. The van der Waals surface area contributed by atoms with Crippen molar-refractivity contribution < 1.29 is 9.47 Å². The lowest BCUT2D eigenvalue weighted by atomic mass is 10.0. The van der Waals surface area contributed by atoms with Gasteiger partial charge in [0.15, 0.2) is 0 Å². The van der Waals surface area contributed by atoms with Crippen molar-refractivity contribution >= 4 is 0 Å². The maximum Gasteiger partial charge on any atom is 0.122 e. The van der Waals surface area contributed by atoms with Crippen LogP contribution in [0.5, 0.6) is 11.5 Å². The molecule has 2 aromatic carbocycles. The fourth-order valence-electron chi connectivity index (χ4n) is 2.02. The third kappa shape index (κ3) is 2.48. The highest BCUT2D eigenvalue weighted by Crippen LogP contribution is 2.28. The summed E-state index contributed by atoms with van der Waals surface area (Å²) >= 11 is 0. The van der Waals surface area contributed by atoms with Gasteiger partial charge in [0.2, 0.25) is 0 Å². The predicted molar refractivity (Wildman–Crippen MR) is 74.4 cm³/mol. The summed E-state index contributed by atoms with van der Waals surface area (Å²) in [7, 11) is 3.39. The molecule has 0 radical (unpaired) electrons. The lowest BCUT2D eigenvalue weighted by molar-refractivity contribution is 0.410. The van der Waals surface area contributed by atoms with E-state index < -0.39 is 0 Å². The summed E-state index contributed by atoms with van der Waals surface area (Å²) in [4.78, 5) is 0. The highest BCUT2D eigenvalue weighted by Gasteiger charge is 2.04. The number of benzene rings is 2. The van der Waals surface area contributed by atoms with Gasteiger partial charge in [0.1, 0.15) is 11.5 Å². The molecule has 0 aromatic heterocycles. The first-order valence-corrected chi connectivity index (χ1v) is 6.09. The lowest BCUT2D eigenvalue weighted by Crippen LogP contribution is -1.91. The molecule has 0 saturated heterocycles. The molecule has 0 unspecified atom stereocenters. The van der Waals surface area contributed by atoms with Crippen LogP contribution in [0.3, 0.4) is 0 Å². The number of hydrogen-bond acceptors (Lipinski definition) is 2. The van der Waals surface area contributed by atoms with Crippen molar-refractivity contribution in [3.8, 4) is 22.6 Å². The Morgan fingerprint density at radius 1 is 0.833 bits per heavy atom. The highest BCUT2D eigenvalue weighted by molar-refractivity contribution is 5.66. The molecule has 18 heavy (non-hydrogen) atoms. The van der Waals surface area contributed by atoms with E-state index in [0.717, 1.165) is 17.9 Å². The van der Waals surface area contributed by atoms with Gasteiger partial charge in [-0.25, -0.2) is 0 Å². The van der Waals surface area contributed by atoms with E-state index in [4.69, 9.17) is 9.47 Å². The van der Waals surface area contributed by atoms with E-state index >= 15 is 0 Å². The number of ether oxygens (including phenoxy) is 2. The first kappa shape index (κ1) is 12.5. The lowest BCUT2D eigenvalue weighted by Gasteiger charge is -2.10. The Kier molecular flexibility index (Phi) is 3.88. The Morgan fingerprint density at radius 3 is 2.06 bits per heavy atom. The van der Waals surface area contributed by atoms with E-state index in [1.807, 2.05) is 18.2 Å². The Bertz CT molecular complexity index is 515. The smallest absolute Gasteiger partial charge is 0.122 e. The van der Waals surface area contributed by atoms with Crippen molar-refractivity contribution in [3.63, 3.8) is 0 Å². The van der Waals surface area contributed by atoms with Gasteiger partial charge >= 0.3 is 0 Å². The van der Waals surface area contributed by atoms with Crippen LogP contribution in [0, 0.1) is 0 Å². The molecular weight excluding hydrogens is 224 g/mol. The van der Waals surface area contributed by atoms with Gasteiger partial charge in [-0.1, -0.05) is 25.1 Å². The fourth-order valence-corrected chi connectivity index (χ4v) is 2.02. The van der Waals surface area contributed by atoms with Gasteiger partial charge in [0.05, 0.1) is 14.2 Å². The van der Waals surface area contributed by atoms with Gasteiger partial charge in [0, 0.05) is 0 Å². The average Bonchev–Trinajstić information content (AvgIpc) is 2.46. The van der Waals surface area contributed by atoms with Crippen LogP contribution in [0.15, 0.2) is 42.5 Å². The van der Waals surface area contributed by atoms with Gasteiger partial charge in [0.25, 0.3) is 0 Å². The zero-order chi connectivity index (χ0) is 13.0. The van der Waals surface area contributed by atoms with Crippen LogP contribution in [0.1, 0.15) is 12.5 Å². The van der Waals surface area contributed by atoms with Gasteiger partial charge in [-0.2, -0.15) is 0 Å². The van der Waals surface area contributed by atoms with Crippen LogP contribution < -0.4 is 9.47 Å². The first-order valence-electron chi connectivity index (χ1n) is 6.09. The molecule has 0 heterocycles. The average molecular weight is 242 g/mol. The molecule has 0 aliphatic rings. The van der Waals surface area contributed by atoms with Crippen LogP contribution in [-0.2, 0) is 6.42 Å². The van der Waals surface area contributed by atoms with Crippen molar-refractivity contribution in [1.29, 1.82) is 0 Å². The standard InChI is InChI=1S/C16H18O2/c1-4-12-11-14(7-10-16(12)18-3)13-5-8-15(17-2)9-6-13/h5-11H,4H2,1-3H3. The molecule has 0 spiro atoms. The zero-order valence-electron chi connectivity index (χ0n) is 11.1. The summed E-state index contributed by atoms with van der Waals surface area (Å²) in [5, 5.41) is 0. The molecule has 2 heteroatoms. The minimum absolute atomic E-state index is 0.878. The predicted octanol–water partition coefficient (Wildman–Crippen LogP) is 3.93. The summed E-state index contributed by atoms with van der Waals surface area (Å²) in [6.45, 7) is 2.13. The minimum Gasteiger partial charge on any atom is -0.497 e. The van der Waals surface area contributed by atoms with Gasteiger partial charge in [-0.15, -0.1) is 0 Å². The molecule has 0 aliphatic carbocycles. The number of aryl methyl sites for hydroxylation is 1. The minimum atomic E-state index is 0.878. The second-order valence-electron chi connectivity index (χ2n) is 4.11. The molecule has 0 aliphatic heterocycles. The summed E-state index contributed by atoms with van der Waals surface area (Å²) in [6, 6.07) is 14.4. The summed E-state index contributed by atoms with van der Waals surface area (Å²) in [5.41, 5.74) is 3.62. The molecule has 0 saturated carbocycles. The van der Waals surface area contributed by atoms with E-state index in [1.165, 1.54) is 16.7 Å². The van der Waals surface area contributed by atoms with E-state index in [9.17, 15) is 0 Å². The Hall–Kier alpha value is -1.96. The normalized spacial score (nSPS) is 10.2. The molecule has 0 bridgehead atoms. The van der Waals surface area contributed by atoms with Crippen molar-refractivity contribution in [1.82, 2.24) is 0 Å². The molecular formula is C16H18O2. The first-order chi connectivity index (χ1) is 8.78. The Balaban J connectivity index is 2.37. The molecule has 0 fully saturated rings. The maximum atomic E-state index is 5.34. The molecule has 94 valence electrons. The number of rotatable bonds is 4. The van der Waals surface area contributed by atoms with E-state index in [-0.39, 0.29) is 0 Å². The van der Waals surface area contributed by atoms with E-state index in [0.29, 0.717) is 0 Å². The summed E-state index contributed by atoms with van der Waals surface area (Å²) in [6.07, 6.45) is 0.965. The van der Waals surface area contributed by atoms with Crippen molar-refractivity contribution in [3.05, 3.63) is 48.0 Å². The van der Waals surface area contributed by atoms with E-state index in [1.54, 1.807) is 14.2 Å². The van der Waals surface area contributed by atoms with E-state index in [2.05, 4.69) is 31.2 Å². The second-order valence-corrected chi connectivity index (χ2v) is 4.11. The molecule has 2 nitrogen and oxygen atoms in total. The van der Waals surface area contributed by atoms with Crippen molar-refractivity contribution in [2.75, 3.05) is 14.2 Å². The Morgan fingerprint density at radius 2 is 1.50 bits per heavy atom. The van der Waals surface area contributed by atoms with Crippen molar-refractivity contribution in [2.45, 2.75) is 13.3 Å². The van der Waals surface area contributed by atoms with Crippen LogP contribution in [0.4, 0.5) is 0 Å². The SMILES string of the molecule is CCc1cc(-c2ccc(OC)cc2)ccc1OC. The van der Waals surface area contributed by atoms with Crippen LogP contribution >= 0.6 is 0 Å². The second kappa shape index (κ2) is 5.58. The molecule has 2 rings (SSSR count). The van der Waals surface area contributed by atoms with Gasteiger partial charge in [-0.3, -0.25) is 0 Å². The fraction of sp³-hybridized carbons (Fsp3) is 0.250. The topological polar surface area (TPSA) is 18.5 Å². The number of methoxy groups -OCH3 is 2. The quantitative estimate of drug-likeness (QED) is 0.808. The highest BCUT2D eigenvalue weighted by atomic mass is 16.5. The molecule has 0 amide bonds. The van der Waals surface area contributed by atoms with Crippen LogP contribution in [0.25, 0.3) is 11.1 Å².